The van der Waals surface area contributed by atoms with Crippen molar-refractivity contribution >= 4 is 17.9 Å². The molecule has 0 aromatic rings. The molecule has 0 radical (unpaired) electrons. The average Bonchev–Trinajstić information content (AvgIpc) is 2.38. The zero-order valence-corrected chi connectivity index (χ0v) is 14.3. The number of hydrogen-bond donors (Lipinski definition) is 1. The summed E-state index contributed by atoms with van der Waals surface area (Å²) in [5.74, 6) is -0.423. The van der Waals surface area contributed by atoms with Crippen molar-refractivity contribution in [2.45, 2.75) is 58.7 Å². The number of piperazine rings is 1. The normalized spacial score (nSPS) is 20.8. The summed E-state index contributed by atoms with van der Waals surface area (Å²) >= 11 is 0. The van der Waals surface area contributed by atoms with Gasteiger partial charge in [-0.2, -0.15) is 0 Å². The van der Waals surface area contributed by atoms with Gasteiger partial charge in [0.1, 0.15) is 6.04 Å². The molecule has 0 aliphatic carbocycles. The van der Waals surface area contributed by atoms with E-state index in [1.807, 2.05) is 6.92 Å². The van der Waals surface area contributed by atoms with Gasteiger partial charge in [0.2, 0.25) is 11.8 Å². The molecule has 1 aliphatic heterocycles. The van der Waals surface area contributed by atoms with Crippen LogP contribution >= 0.6 is 0 Å². The summed E-state index contributed by atoms with van der Waals surface area (Å²) in [7, 11) is 1.71. The Balaban J connectivity index is 3.02. The predicted molar refractivity (Wildman–Crippen MR) is 82.5 cm³/mol. The number of carboxylic acid groups (broad SMARTS) is 1. The molecule has 0 spiro atoms. The summed E-state index contributed by atoms with van der Waals surface area (Å²) in [5.41, 5.74) is -0.690. The molecule has 0 bridgehead atoms. The molecule has 3 amide bonds. The zero-order chi connectivity index (χ0) is 17.2. The standard InChI is InChI=1S/C15H27N3O4/c1-7-11(18(14(21)22)15(3,4)5)13(20)17-8-10(2)16(6)12(19)9-17/h10-11H,7-9H2,1-6H3,(H,21,22)/t10?,11-/m0/s1. The molecule has 1 saturated heterocycles. The Morgan fingerprint density at radius 1 is 1.41 bits per heavy atom. The molecule has 0 aromatic carbocycles. The van der Waals surface area contributed by atoms with E-state index >= 15 is 0 Å². The number of carbonyl (C=O) groups excluding carboxylic acids is 2. The lowest BCUT2D eigenvalue weighted by Gasteiger charge is -2.43. The van der Waals surface area contributed by atoms with Crippen LogP contribution < -0.4 is 0 Å². The third-order valence-electron chi connectivity index (χ3n) is 4.09. The van der Waals surface area contributed by atoms with Gasteiger partial charge in [-0.3, -0.25) is 14.5 Å². The van der Waals surface area contributed by atoms with Gasteiger partial charge in [0.05, 0.1) is 6.54 Å². The number of carbonyl (C=O) groups is 3. The van der Waals surface area contributed by atoms with E-state index in [1.165, 1.54) is 9.80 Å². The van der Waals surface area contributed by atoms with Gasteiger partial charge in [-0.25, -0.2) is 4.79 Å². The maximum atomic E-state index is 12.8. The summed E-state index contributed by atoms with van der Waals surface area (Å²) in [4.78, 5) is 40.6. The van der Waals surface area contributed by atoms with Crippen LogP contribution in [0.5, 0.6) is 0 Å². The number of amides is 3. The van der Waals surface area contributed by atoms with E-state index in [4.69, 9.17) is 0 Å². The van der Waals surface area contributed by atoms with E-state index in [-0.39, 0.29) is 24.4 Å². The SMILES string of the molecule is CC[C@@H](C(=O)N1CC(=O)N(C)C(C)C1)N(C(=O)O)C(C)(C)C. The minimum Gasteiger partial charge on any atom is -0.465 e. The van der Waals surface area contributed by atoms with Gasteiger partial charge in [-0.05, 0) is 34.1 Å². The van der Waals surface area contributed by atoms with Crippen LogP contribution in [0.15, 0.2) is 0 Å². The van der Waals surface area contributed by atoms with E-state index in [0.29, 0.717) is 13.0 Å². The van der Waals surface area contributed by atoms with Crippen molar-refractivity contribution in [3.63, 3.8) is 0 Å². The Kier molecular flexibility index (Phi) is 5.43. The molecule has 1 unspecified atom stereocenters. The Morgan fingerprint density at radius 3 is 2.32 bits per heavy atom. The first kappa shape index (κ1) is 18.3. The molecular weight excluding hydrogens is 286 g/mol. The van der Waals surface area contributed by atoms with Crippen LogP contribution in [0.2, 0.25) is 0 Å². The monoisotopic (exact) mass is 313 g/mol. The highest BCUT2D eigenvalue weighted by molar-refractivity contribution is 5.90. The molecule has 1 fully saturated rings. The van der Waals surface area contributed by atoms with Crippen molar-refractivity contribution in [2.75, 3.05) is 20.1 Å². The van der Waals surface area contributed by atoms with Crippen LogP contribution in [-0.2, 0) is 9.59 Å². The minimum atomic E-state index is -1.12. The second kappa shape index (κ2) is 6.54. The second-order valence-electron chi connectivity index (χ2n) is 6.82. The second-order valence-corrected chi connectivity index (χ2v) is 6.82. The predicted octanol–water partition coefficient (Wildman–Crippen LogP) is 1.23. The summed E-state index contributed by atoms with van der Waals surface area (Å²) < 4.78 is 0. The van der Waals surface area contributed by atoms with Crippen molar-refractivity contribution < 1.29 is 19.5 Å². The lowest BCUT2D eigenvalue weighted by atomic mass is 10.0. The van der Waals surface area contributed by atoms with E-state index in [0.717, 1.165) is 0 Å². The number of likely N-dealkylation sites (N-methyl/N-ethyl adjacent to an activating group) is 1. The molecule has 126 valence electrons. The zero-order valence-electron chi connectivity index (χ0n) is 14.3. The first-order chi connectivity index (χ1) is 10.0. The number of nitrogens with zero attached hydrogens (tertiary/aromatic N) is 3. The van der Waals surface area contributed by atoms with Crippen LogP contribution in [0, 0.1) is 0 Å². The van der Waals surface area contributed by atoms with E-state index in [9.17, 15) is 19.5 Å². The Bertz CT molecular complexity index is 458. The molecule has 0 aromatic heterocycles. The maximum Gasteiger partial charge on any atom is 0.408 e. The number of rotatable bonds is 3. The Morgan fingerprint density at radius 2 is 1.95 bits per heavy atom. The van der Waals surface area contributed by atoms with Gasteiger partial charge in [0, 0.05) is 25.2 Å². The van der Waals surface area contributed by atoms with Crippen LogP contribution in [0.3, 0.4) is 0 Å². The third kappa shape index (κ3) is 3.69. The molecule has 7 heteroatoms. The fourth-order valence-electron chi connectivity index (χ4n) is 2.76. The van der Waals surface area contributed by atoms with E-state index in [1.54, 1.807) is 39.6 Å². The smallest absolute Gasteiger partial charge is 0.408 e. The van der Waals surface area contributed by atoms with Crippen molar-refractivity contribution in [3.05, 3.63) is 0 Å². The molecule has 1 aliphatic rings. The molecule has 2 atom stereocenters. The lowest BCUT2D eigenvalue weighted by molar-refractivity contribution is -0.150. The van der Waals surface area contributed by atoms with Gasteiger partial charge >= 0.3 is 6.09 Å². The molecule has 1 rings (SSSR count). The first-order valence-electron chi connectivity index (χ1n) is 7.57. The van der Waals surface area contributed by atoms with Gasteiger partial charge in [-0.1, -0.05) is 6.92 Å². The fraction of sp³-hybridized carbons (Fsp3) is 0.800. The van der Waals surface area contributed by atoms with Crippen LogP contribution in [0.4, 0.5) is 4.79 Å². The van der Waals surface area contributed by atoms with Crippen LogP contribution in [0.1, 0.15) is 41.0 Å². The highest BCUT2D eigenvalue weighted by Gasteiger charge is 2.40. The molecular formula is C15H27N3O4. The molecule has 0 saturated carbocycles. The van der Waals surface area contributed by atoms with Crippen LogP contribution in [-0.4, -0.2) is 75.5 Å². The average molecular weight is 313 g/mol. The van der Waals surface area contributed by atoms with Gasteiger partial charge in [-0.15, -0.1) is 0 Å². The Hall–Kier alpha value is -1.79. The van der Waals surface area contributed by atoms with Crippen molar-refractivity contribution in [3.8, 4) is 0 Å². The summed E-state index contributed by atoms with van der Waals surface area (Å²) in [6, 6.07) is -0.850. The van der Waals surface area contributed by atoms with Crippen LogP contribution in [0.25, 0.3) is 0 Å². The van der Waals surface area contributed by atoms with Crippen molar-refractivity contribution in [2.24, 2.45) is 0 Å². The van der Waals surface area contributed by atoms with E-state index in [2.05, 4.69) is 0 Å². The third-order valence-corrected chi connectivity index (χ3v) is 4.09. The molecule has 22 heavy (non-hydrogen) atoms. The first-order valence-corrected chi connectivity index (χ1v) is 7.57. The maximum absolute atomic E-state index is 12.8. The molecule has 7 nitrogen and oxygen atoms in total. The molecule has 1 N–H and O–H groups in total. The molecule has 1 heterocycles. The Labute approximate surface area is 131 Å². The largest absolute Gasteiger partial charge is 0.465 e. The van der Waals surface area contributed by atoms with Gasteiger partial charge in [0.15, 0.2) is 0 Å². The highest BCUT2D eigenvalue weighted by atomic mass is 16.4. The topological polar surface area (TPSA) is 81.2 Å². The summed E-state index contributed by atoms with van der Waals surface area (Å²) in [6.07, 6.45) is -0.752. The lowest BCUT2D eigenvalue weighted by Crippen LogP contribution is -2.62. The summed E-state index contributed by atoms with van der Waals surface area (Å²) in [6.45, 7) is 9.37. The fourth-order valence-corrected chi connectivity index (χ4v) is 2.76. The number of hydrogen-bond acceptors (Lipinski definition) is 3. The summed E-state index contributed by atoms with van der Waals surface area (Å²) in [5, 5.41) is 9.48. The van der Waals surface area contributed by atoms with Crippen molar-refractivity contribution in [1.29, 1.82) is 0 Å². The van der Waals surface area contributed by atoms with Crippen molar-refractivity contribution in [1.82, 2.24) is 14.7 Å². The minimum absolute atomic E-state index is 0.00771. The highest BCUT2D eigenvalue weighted by Crippen LogP contribution is 2.22. The van der Waals surface area contributed by atoms with Gasteiger partial charge in [0.25, 0.3) is 0 Å². The van der Waals surface area contributed by atoms with Gasteiger partial charge < -0.3 is 14.9 Å². The van der Waals surface area contributed by atoms with E-state index < -0.39 is 17.7 Å². The quantitative estimate of drug-likeness (QED) is 0.850.